The van der Waals surface area contributed by atoms with Crippen molar-refractivity contribution in [2.24, 2.45) is 17.3 Å². The van der Waals surface area contributed by atoms with E-state index < -0.39 is 52.6 Å². The van der Waals surface area contributed by atoms with Gasteiger partial charge in [0.1, 0.15) is 5.60 Å². The average molecular weight is 613 g/mol. The maximum atomic E-state index is 14.3. The molecule has 44 heavy (non-hydrogen) atoms. The summed E-state index contributed by atoms with van der Waals surface area (Å²) >= 11 is 0. The molecule has 1 fully saturated rings. The number of rotatable bonds is 11. The van der Waals surface area contributed by atoms with Crippen molar-refractivity contribution in [1.29, 1.82) is 0 Å². The molecule has 3 unspecified atom stereocenters. The molecule has 0 aromatic heterocycles. The summed E-state index contributed by atoms with van der Waals surface area (Å²) in [5.41, 5.74) is -0.915. The molecule has 2 aromatic carbocycles. The Labute approximate surface area is 257 Å². The molecule has 0 saturated carbocycles. The van der Waals surface area contributed by atoms with Crippen LogP contribution in [-0.4, -0.2) is 58.8 Å². The Morgan fingerprint density at radius 1 is 1.05 bits per heavy atom. The standard InChI is InChI=1S/C34H42F2N2O6/c1-21(2)20-34(14-17-37(32(34)42)15-12-23-10-8-7-9-11-23)26(31(41)44-33(4,5)6)13-16-38-29(40)24-18-27(35)28(36)19-25(24)30(38)43-22(3)39/h7-11,18-19,21,26,30H,12-17,20H2,1-6H3. The summed E-state index contributed by atoms with van der Waals surface area (Å²) in [5.74, 6) is -5.30. The fraction of sp³-hybridized carbons (Fsp3) is 0.529. The fourth-order valence-electron chi connectivity index (χ4n) is 6.51. The third-order valence-electron chi connectivity index (χ3n) is 8.25. The SMILES string of the molecule is CC(=O)OC1c2cc(F)c(F)cc2C(=O)N1CCC(C(=O)OC(C)(C)C)C1(CC(C)C)CCN(CCc2ccccc2)C1=O. The van der Waals surface area contributed by atoms with Gasteiger partial charge in [-0.25, -0.2) is 8.78 Å². The second-order valence-corrected chi connectivity index (χ2v) is 13.2. The second kappa shape index (κ2) is 13.0. The second-order valence-electron chi connectivity index (χ2n) is 13.2. The Bertz CT molecular complexity index is 1410. The van der Waals surface area contributed by atoms with Crippen LogP contribution in [0.25, 0.3) is 0 Å². The van der Waals surface area contributed by atoms with E-state index in [1.54, 1.807) is 25.7 Å². The summed E-state index contributed by atoms with van der Waals surface area (Å²) in [6.45, 7) is 11.2. The van der Waals surface area contributed by atoms with Crippen molar-refractivity contribution in [2.75, 3.05) is 19.6 Å². The van der Waals surface area contributed by atoms with E-state index in [9.17, 15) is 28.0 Å². The van der Waals surface area contributed by atoms with Crippen LogP contribution in [0.2, 0.25) is 0 Å². The first-order valence-corrected chi connectivity index (χ1v) is 15.2. The van der Waals surface area contributed by atoms with Crippen LogP contribution in [0.5, 0.6) is 0 Å². The third-order valence-corrected chi connectivity index (χ3v) is 8.25. The number of hydrogen-bond donors (Lipinski definition) is 0. The van der Waals surface area contributed by atoms with E-state index in [0.29, 0.717) is 32.4 Å². The van der Waals surface area contributed by atoms with Gasteiger partial charge in [-0.1, -0.05) is 44.2 Å². The molecule has 2 aliphatic heterocycles. The van der Waals surface area contributed by atoms with Gasteiger partial charge in [0, 0.05) is 32.1 Å². The molecule has 2 heterocycles. The lowest BCUT2D eigenvalue weighted by Crippen LogP contribution is -2.47. The highest BCUT2D eigenvalue weighted by Gasteiger charge is 2.55. The molecular formula is C34H42F2N2O6. The zero-order valence-corrected chi connectivity index (χ0v) is 26.3. The lowest BCUT2D eigenvalue weighted by Gasteiger charge is -2.38. The summed E-state index contributed by atoms with van der Waals surface area (Å²) in [7, 11) is 0. The van der Waals surface area contributed by atoms with Crippen molar-refractivity contribution in [3.05, 3.63) is 70.8 Å². The van der Waals surface area contributed by atoms with Gasteiger partial charge in [0.25, 0.3) is 5.91 Å². The summed E-state index contributed by atoms with van der Waals surface area (Å²) in [5, 5.41) is 0. The van der Waals surface area contributed by atoms with E-state index in [-0.39, 0.29) is 35.9 Å². The van der Waals surface area contributed by atoms with Crippen LogP contribution in [0.1, 0.15) is 88.5 Å². The Balaban J connectivity index is 1.66. The normalized spacial score (nSPS) is 20.7. The Morgan fingerprint density at radius 2 is 1.70 bits per heavy atom. The van der Waals surface area contributed by atoms with Gasteiger partial charge < -0.3 is 14.4 Å². The van der Waals surface area contributed by atoms with Crippen LogP contribution in [0.3, 0.4) is 0 Å². The first-order chi connectivity index (χ1) is 20.6. The van der Waals surface area contributed by atoms with Gasteiger partial charge in [0.2, 0.25) is 12.1 Å². The van der Waals surface area contributed by atoms with Crippen molar-refractivity contribution in [2.45, 2.75) is 79.1 Å². The molecular weight excluding hydrogens is 570 g/mol. The van der Waals surface area contributed by atoms with Crippen LogP contribution >= 0.6 is 0 Å². The summed E-state index contributed by atoms with van der Waals surface area (Å²) in [6.07, 6.45) is 0.240. The zero-order valence-electron chi connectivity index (χ0n) is 26.3. The van der Waals surface area contributed by atoms with Crippen LogP contribution < -0.4 is 0 Å². The van der Waals surface area contributed by atoms with Crippen molar-refractivity contribution >= 4 is 23.8 Å². The van der Waals surface area contributed by atoms with Crippen molar-refractivity contribution in [1.82, 2.24) is 9.80 Å². The smallest absolute Gasteiger partial charge is 0.310 e. The molecule has 0 N–H and O–H groups in total. The fourth-order valence-corrected chi connectivity index (χ4v) is 6.51. The lowest BCUT2D eigenvalue weighted by atomic mass is 9.67. The van der Waals surface area contributed by atoms with Crippen molar-refractivity contribution < 1.29 is 37.4 Å². The number of likely N-dealkylation sites (tertiary alicyclic amines) is 1. The monoisotopic (exact) mass is 612 g/mol. The number of amides is 2. The van der Waals surface area contributed by atoms with Crippen LogP contribution in [0.4, 0.5) is 8.78 Å². The Kier molecular flexibility index (Phi) is 9.80. The summed E-state index contributed by atoms with van der Waals surface area (Å²) in [6, 6.07) is 11.5. The first-order valence-electron chi connectivity index (χ1n) is 15.2. The van der Waals surface area contributed by atoms with Crippen LogP contribution in [0.15, 0.2) is 42.5 Å². The Morgan fingerprint density at radius 3 is 2.32 bits per heavy atom. The van der Waals surface area contributed by atoms with E-state index in [1.165, 1.54) is 4.90 Å². The van der Waals surface area contributed by atoms with Gasteiger partial charge in [-0.3, -0.25) is 24.1 Å². The summed E-state index contributed by atoms with van der Waals surface area (Å²) in [4.78, 5) is 56.7. The number of fused-ring (bicyclic) bond motifs is 1. The molecule has 8 nitrogen and oxygen atoms in total. The van der Waals surface area contributed by atoms with E-state index in [1.807, 2.05) is 44.2 Å². The van der Waals surface area contributed by atoms with Gasteiger partial charge in [-0.2, -0.15) is 0 Å². The highest BCUT2D eigenvalue weighted by atomic mass is 19.2. The molecule has 2 aromatic rings. The quantitative estimate of drug-likeness (QED) is 0.296. The molecule has 0 radical (unpaired) electrons. The molecule has 0 bridgehead atoms. The number of esters is 2. The number of hydrogen-bond acceptors (Lipinski definition) is 6. The van der Waals surface area contributed by atoms with Gasteiger partial charge >= 0.3 is 11.9 Å². The van der Waals surface area contributed by atoms with Crippen LogP contribution in [-0.2, 0) is 30.3 Å². The molecule has 2 aliphatic rings. The van der Waals surface area contributed by atoms with Crippen molar-refractivity contribution in [3.8, 4) is 0 Å². The Hall–Kier alpha value is -3.82. The maximum absolute atomic E-state index is 14.3. The molecule has 2 amide bonds. The number of benzene rings is 2. The molecule has 0 aliphatic carbocycles. The van der Waals surface area contributed by atoms with E-state index >= 15 is 0 Å². The highest BCUT2D eigenvalue weighted by Crippen LogP contribution is 2.48. The third kappa shape index (κ3) is 7.11. The van der Waals surface area contributed by atoms with E-state index in [0.717, 1.165) is 24.6 Å². The molecule has 1 saturated heterocycles. The molecule has 0 spiro atoms. The number of carbonyl (C=O) groups excluding carboxylic acids is 4. The predicted molar refractivity (Wildman–Crippen MR) is 159 cm³/mol. The van der Waals surface area contributed by atoms with Gasteiger partial charge in [0.05, 0.1) is 16.9 Å². The van der Waals surface area contributed by atoms with Crippen LogP contribution in [0, 0.1) is 28.9 Å². The molecule has 4 rings (SSSR count). The highest BCUT2D eigenvalue weighted by molar-refractivity contribution is 5.99. The zero-order chi connectivity index (χ0) is 32.4. The van der Waals surface area contributed by atoms with Crippen molar-refractivity contribution in [3.63, 3.8) is 0 Å². The number of halogens is 2. The largest absolute Gasteiger partial charge is 0.460 e. The minimum absolute atomic E-state index is 0.0162. The van der Waals surface area contributed by atoms with Gasteiger partial charge in [-0.05, 0) is 70.1 Å². The summed E-state index contributed by atoms with van der Waals surface area (Å²) < 4.78 is 39.6. The van der Waals surface area contributed by atoms with E-state index in [4.69, 9.17) is 9.47 Å². The topological polar surface area (TPSA) is 93.2 Å². The minimum atomic E-state index is -1.30. The maximum Gasteiger partial charge on any atom is 0.310 e. The molecule has 3 atom stereocenters. The minimum Gasteiger partial charge on any atom is -0.460 e. The number of ether oxygens (including phenoxy) is 2. The van der Waals surface area contributed by atoms with Gasteiger partial charge in [-0.15, -0.1) is 0 Å². The first kappa shape index (κ1) is 33.1. The number of nitrogens with zero attached hydrogens (tertiary/aromatic N) is 2. The van der Waals surface area contributed by atoms with Gasteiger partial charge in [0.15, 0.2) is 11.6 Å². The average Bonchev–Trinajstić information content (AvgIpc) is 3.35. The lowest BCUT2D eigenvalue weighted by molar-refractivity contribution is -0.170. The molecule has 10 heteroatoms. The molecule has 238 valence electrons. The number of carbonyl (C=O) groups is 4. The van der Waals surface area contributed by atoms with E-state index in [2.05, 4.69) is 0 Å². The predicted octanol–water partition coefficient (Wildman–Crippen LogP) is 5.84.